The molecule has 1 amide bonds. The number of rotatable bonds is 7. The number of nitrogens with one attached hydrogen (secondary N) is 2. The molecule has 0 aromatic heterocycles. The molecule has 0 spiro atoms. The van der Waals surface area contributed by atoms with E-state index in [1.807, 2.05) is 6.92 Å². The van der Waals surface area contributed by atoms with Crippen LogP contribution in [0.5, 0.6) is 0 Å². The average Bonchev–Trinajstić information content (AvgIpc) is 2.73. The van der Waals surface area contributed by atoms with Crippen LogP contribution < -0.4 is 10.6 Å². The van der Waals surface area contributed by atoms with E-state index < -0.39 is 18.0 Å². The molecule has 7 nitrogen and oxygen atoms in total. The fourth-order valence-electron chi connectivity index (χ4n) is 2.21. The molecular weight excluding hydrogens is 252 g/mol. The smallest absolute Gasteiger partial charge is 0.326 e. The summed E-state index contributed by atoms with van der Waals surface area (Å²) in [7, 11) is 0. The molecule has 2 unspecified atom stereocenters. The van der Waals surface area contributed by atoms with Crippen LogP contribution in [0.1, 0.15) is 32.6 Å². The van der Waals surface area contributed by atoms with E-state index in [0.717, 1.165) is 6.54 Å². The second kappa shape index (κ2) is 7.08. The molecule has 0 aromatic rings. The first-order valence-electron chi connectivity index (χ1n) is 6.40. The zero-order valence-electron chi connectivity index (χ0n) is 10.9. The molecule has 0 radical (unpaired) electrons. The van der Waals surface area contributed by atoms with E-state index in [2.05, 4.69) is 10.6 Å². The highest BCUT2D eigenvalue weighted by Gasteiger charge is 2.31. The van der Waals surface area contributed by atoms with E-state index in [-0.39, 0.29) is 37.1 Å². The predicted octanol–water partition coefficient (Wildman–Crippen LogP) is -0.191. The van der Waals surface area contributed by atoms with E-state index in [1.54, 1.807) is 0 Å². The van der Waals surface area contributed by atoms with Crippen molar-refractivity contribution in [1.29, 1.82) is 0 Å². The Morgan fingerprint density at radius 1 is 1.37 bits per heavy atom. The fraction of sp³-hybridized carbons (Fsp3) is 0.750. The fourth-order valence-corrected chi connectivity index (χ4v) is 2.21. The molecule has 4 N–H and O–H groups in total. The third kappa shape index (κ3) is 4.86. The van der Waals surface area contributed by atoms with Gasteiger partial charge in [-0.2, -0.15) is 0 Å². The Morgan fingerprint density at radius 2 is 2.05 bits per heavy atom. The van der Waals surface area contributed by atoms with E-state index >= 15 is 0 Å². The first kappa shape index (κ1) is 15.4. The summed E-state index contributed by atoms with van der Waals surface area (Å²) in [6.45, 7) is 2.63. The van der Waals surface area contributed by atoms with Gasteiger partial charge in [-0.1, -0.05) is 0 Å². The highest BCUT2D eigenvalue weighted by Crippen LogP contribution is 2.15. The van der Waals surface area contributed by atoms with Gasteiger partial charge in [-0.15, -0.1) is 0 Å². The lowest BCUT2D eigenvalue weighted by molar-refractivity contribution is -0.143. The summed E-state index contributed by atoms with van der Waals surface area (Å²) < 4.78 is 0. The maximum Gasteiger partial charge on any atom is 0.326 e. The van der Waals surface area contributed by atoms with Crippen LogP contribution in [-0.2, 0) is 14.4 Å². The molecule has 108 valence electrons. The Balaban J connectivity index is 2.46. The van der Waals surface area contributed by atoms with Gasteiger partial charge in [-0.25, -0.2) is 4.79 Å². The van der Waals surface area contributed by atoms with E-state index in [9.17, 15) is 14.4 Å². The third-order valence-electron chi connectivity index (χ3n) is 3.36. The molecule has 19 heavy (non-hydrogen) atoms. The van der Waals surface area contributed by atoms with Gasteiger partial charge in [0.25, 0.3) is 0 Å². The maximum atomic E-state index is 11.9. The van der Waals surface area contributed by atoms with Crippen LogP contribution in [0.4, 0.5) is 0 Å². The second-order valence-corrected chi connectivity index (χ2v) is 4.82. The molecule has 0 aliphatic carbocycles. The summed E-state index contributed by atoms with van der Waals surface area (Å²) in [5.41, 5.74) is 0. The van der Waals surface area contributed by atoms with Crippen LogP contribution in [0.15, 0.2) is 0 Å². The second-order valence-electron chi connectivity index (χ2n) is 4.82. The topological polar surface area (TPSA) is 116 Å². The molecule has 7 heteroatoms. The van der Waals surface area contributed by atoms with Crippen molar-refractivity contribution in [3.05, 3.63) is 0 Å². The molecular formula is C12H20N2O5. The van der Waals surface area contributed by atoms with Gasteiger partial charge in [-0.3, -0.25) is 9.59 Å². The van der Waals surface area contributed by atoms with E-state index in [4.69, 9.17) is 10.2 Å². The van der Waals surface area contributed by atoms with Crippen molar-refractivity contribution in [3.63, 3.8) is 0 Å². The Morgan fingerprint density at radius 3 is 2.53 bits per heavy atom. The van der Waals surface area contributed by atoms with Crippen molar-refractivity contribution in [1.82, 2.24) is 10.6 Å². The summed E-state index contributed by atoms with van der Waals surface area (Å²) in [4.78, 5) is 33.3. The zero-order chi connectivity index (χ0) is 14.4. The monoisotopic (exact) mass is 272 g/mol. The zero-order valence-corrected chi connectivity index (χ0v) is 10.9. The normalized spacial score (nSPS) is 23.8. The highest BCUT2D eigenvalue weighted by atomic mass is 16.4. The van der Waals surface area contributed by atoms with Crippen molar-refractivity contribution >= 4 is 17.8 Å². The molecule has 0 saturated carbocycles. The summed E-state index contributed by atoms with van der Waals surface area (Å²) in [5.74, 6) is -2.59. The lowest BCUT2D eigenvalue weighted by Crippen LogP contribution is -2.45. The summed E-state index contributed by atoms with van der Waals surface area (Å²) >= 11 is 0. The molecule has 0 aromatic carbocycles. The Labute approximate surface area is 111 Å². The molecule has 0 bridgehead atoms. The number of carbonyl (C=O) groups is 3. The molecule has 1 rings (SSSR count). The van der Waals surface area contributed by atoms with Crippen LogP contribution >= 0.6 is 0 Å². The minimum absolute atomic E-state index is 0.0356. The van der Waals surface area contributed by atoms with Gasteiger partial charge in [0.2, 0.25) is 5.91 Å². The first-order valence-corrected chi connectivity index (χ1v) is 6.40. The molecule has 1 saturated heterocycles. The largest absolute Gasteiger partial charge is 0.481 e. The molecule has 1 aliphatic heterocycles. The maximum absolute atomic E-state index is 11.9. The molecule has 1 heterocycles. The lowest BCUT2D eigenvalue weighted by atomic mass is 10.00. The Kier molecular flexibility index (Phi) is 5.75. The third-order valence-corrected chi connectivity index (χ3v) is 3.36. The summed E-state index contributed by atoms with van der Waals surface area (Å²) in [5, 5.41) is 23.1. The number of hydrogen-bond acceptors (Lipinski definition) is 4. The van der Waals surface area contributed by atoms with E-state index in [1.165, 1.54) is 0 Å². The Hall–Kier alpha value is -1.63. The quantitative estimate of drug-likeness (QED) is 0.510. The number of carboxylic acid groups (broad SMARTS) is 2. The van der Waals surface area contributed by atoms with Crippen molar-refractivity contribution in [2.24, 2.45) is 5.92 Å². The minimum Gasteiger partial charge on any atom is -0.481 e. The van der Waals surface area contributed by atoms with Gasteiger partial charge in [0.15, 0.2) is 0 Å². The summed E-state index contributed by atoms with van der Waals surface area (Å²) in [6, 6.07) is -0.979. The average molecular weight is 272 g/mol. The van der Waals surface area contributed by atoms with Crippen LogP contribution in [0.25, 0.3) is 0 Å². The highest BCUT2D eigenvalue weighted by molar-refractivity contribution is 5.85. The first-order chi connectivity index (χ1) is 8.91. The Bertz CT molecular complexity index is 358. The summed E-state index contributed by atoms with van der Waals surface area (Å²) in [6.07, 6.45) is 0.947. The number of carbonyl (C=O) groups excluding carboxylic acids is 1. The predicted molar refractivity (Wildman–Crippen MR) is 66.6 cm³/mol. The molecule has 1 aliphatic rings. The number of aliphatic carboxylic acids is 2. The van der Waals surface area contributed by atoms with E-state index in [0.29, 0.717) is 6.42 Å². The van der Waals surface area contributed by atoms with Crippen molar-refractivity contribution in [2.45, 2.75) is 44.7 Å². The van der Waals surface area contributed by atoms with Crippen LogP contribution in [0, 0.1) is 5.92 Å². The van der Waals surface area contributed by atoms with Crippen molar-refractivity contribution in [3.8, 4) is 0 Å². The van der Waals surface area contributed by atoms with Crippen LogP contribution in [0.3, 0.4) is 0 Å². The van der Waals surface area contributed by atoms with Crippen LogP contribution in [0.2, 0.25) is 0 Å². The number of amides is 1. The lowest BCUT2D eigenvalue weighted by Gasteiger charge is -2.19. The van der Waals surface area contributed by atoms with Gasteiger partial charge in [0, 0.05) is 12.5 Å². The van der Waals surface area contributed by atoms with Gasteiger partial charge in [0.1, 0.15) is 6.04 Å². The van der Waals surface area contributed by atoms with Crippen molar-refractivity contribution in [2.75, 3.05) is 6.54 Å². The van der Waals surface area contributed by atoms with Crippen LogP contribution in [-0.4, -0.2) is 46.7 Å². The van der Waals surface area contributed by atoms with Gasteiger partial charge >= 0.3 is 11.9 Å². The minimum atomic E-state index is -1.13. The molecule has 1 fully saturated rings. The number of carboxylic acids is 2. The standard InChI is InChI=1S/C12H20N2O5/c1-7-8(5-6-13-7)11(17)14-9(12(18)19)3-2-4-10(15)16/h7-9,13H,2-6H2,1H3,(H,14,17)(H,15,16)(H,18,19)/t7?,8?,9-/m1/s1. The van der Waals surface area contributed by atoms with Gasteiger partial charge < -0.3 is 20.8 Å². The van der Waals surface area contributed by atoms with Gasteiger partial charge in [-0.05, 0) is 32.7 Å². The van der Waals surface area contributed by atoms with Crippen molar-refractivity contribution < 1.29 is 24.6 Å². The SMILES string of the molecule is CC1NCCC1C(=O)N[C@H](CCCC(=O)O)C(=O)O. The van der Waals surface area contributed by atoms with Gasteiger partial charge in [0.05, 0.1) is 5.92 Å². The molecule has 3 atom stereocenters. The number of hydrogen-bond donors (Lipinski definition) is 4.